The first-order valence-electron chi connectivity index (χ1n) is 6.34. The molecule has 3 fully saturated rings. The second-order valence-electron chi connectivity index (χ2n) is 5.52. The largest absolute Gasteiger partial charge is 0.329 e. The van der Waals surface area contributed by atoms with E-state index in [1.54, 1.807) is 0 Å². The monoisotopic (exact) mass is 194 g/mol. The molecule has 1 heterocycles. The van der Waals surface area contributed by atoms with Crippen LogP contribution in [0.15, 0.2) is 0 Å². The number of rotatable bonds is 3. The summed E-state index contributed by atoms with van der Waals surface area (Å²) < 4.78 is 0. The summed E-state index contributed by atoms with van der Waals surface area (Å²) in [6.07, 6.45) is 8.74. The smallest absolute Gasteiger partial charge is 0.0249 e. The molecule has 1 saturated heterocycles. The molecular weight excluding hydrogens is 172 g/mol. The second-order valence-corrected chi connectivity index (χ2v) is 5.52. The van der Waals surface area contributed by atoms with Gasteiger partial charge in [0.1, 0.15) is 0 Å². The number of nitrogens with zero attached hydrogens (tertiary/aromatic N) is 1. The number of fused-ring (bicyclic) bond motifs is 2. The van der Waals surface area contributed by atoms with Crippen molar-refractivity contribution in [3.8, 4) is 0 Å². The van der Waals surface area contributed by atoms with E-state index in [4.69, 9.17) is 5.73 Å². The van der Waals surface area contributed by atoms with E-state index in [1.165, 1.54) is 45.1 Å². The van der Waals surface area contributed by atoms with Crippen molar-refractivity contribution in [2.45, 2.75) is 50.6 Å². The molecule has 2 heteroatoms. The topological polar surface area (TPSA) is 29.3 Å². The molecule has 2 nitrogen and oxygen atoms in total. The molecule has 3 rings (SSSR count). The molecule has 2 N–H and O–H groups in total. The highest BCUT2D eigenvalue weighted by Gasteiger charge is 2.43. The third-order valence-corrected chi connectivity index (χ3v) is 4.81. The molecule has 2 saturated carbocycles. The molecule has 3 aliphatic rings. The van der Waals surface area contributed by atoms with E-state index in [1.807, 2.05) is 0 Å². The average molecular weight is 194 g/mol. The first-order chi connectivity index (χ1) is 6.88. The lowest BCUT2D eigenvalue weighted by Gasteiger charge is -2.42. The van der Waals surface area contributed by atoms with Gasteiger partial charge < -0.3 is 5.73 Å². The van der Waals surface area contributed by atoms with Gasteiger partial charge in [-0.05, 0) is 43.9 Å². The van der Waals surface area contributed by atoms with Crippen LogP contribution in [0.25, 0.3) is 0 Å². The fraction of sp³-hybridized carbons (Fsp3) is 1.00. The summed E-state index contributed by atoms with van der Waals surface area (Å²) in [6.45, 7) is 2.26. The van der Waals surface area contributed by atoms with Crippen LogP contribution in [0, 0.1) is 11.8 Å². The molecule has 0 amide bonds. The van der Waals surface area contributed by atoms with Crippen molar-refractivity contribution < 1.29 is 0 Å². The Morgan fingerprint density at radius 2 is 2.07 bits per heavy atom. The zero-order chi connectivity index (χ0) is 9.54. The standard InChI is InChI=1S/C12H22N2/c13-7-12(10-2-1-3-10)14-8-9-4-5-11(14)6-9/h9-12H,1-8,13H2. The lowest BCUT2D eigenvalue weighted by molar-refractivity contribution is 0.0737. The summed E-state index contributed by atoms with van der Waals surface area (Å²) in [5, 5.41) is 0. The van der Waals surface area contributed by atoms with Crippen LogP contribution in [0.1, 0.15) is 38.5 Å². The van der Waals surface area contributed by atoms with Gasteiger partial charge in [0, 0.05) is 25.2 Å². The summed E-state index contributed by atoms with van der Waals surface area (Å²) in [6, 6.07) is 1.65. The molecule has 80 valence electrons. The van der Waals surface area contributed by atoms with Gasteiger partial charge in [0.2, 0.25) is 0 Å². The molecule has 14 heavy (non-hydrogen) atoms. The Bertz CT molecular complexity index is 212. The van der Waals surface area contributed by atoms with Crippen molar-refractivity contribution in [1.82, 2.24) is 4.90 Å². The number of hydrogen-bond acceptors (Lipinski definition) is 2. The zero-order valence-corrected chi connectivity index (χ0v) is 8.99. The summed E-state index contributed by atoms with van der Waals surface area (Å²) in [4.78, 5) is 2.76. The van der Waals surface area contributed by atoms with Crippen LogP contribution in [0.5, 0.6) is 0 Å². The van der Waals surface area contributed by atoms with Gasteiger partial charge in [-0.25, -0.2) is 0 Å². The minimum absolute atomic E-state index is 0.735. The molecule has 0 spiro atoms. The van der Waals surface area contributed by atoms with E-state index < -0.39 is 0 Å². The van der Waals surface area contributed by atoms with E-state index in [9.17, 15) is 0 Å². The Balaban J connectivity index is 1.67. The van der Waals surface area contributed by atoms with Crippen LogP contribution in [0.2, 0.25) is 0 Å². The lowest BCUT2D eigenvalue weighted by atomic mass is 9.78. The first kappa shape index (κ1) is 9.17. The minimum Gasteiger partial charge on any atom is -0.329 e. The predicted octanol–water partition coefficient (Wildman–Crippen LogP) is 1.60. The maximum absolute atomic E-state index is 5.95. The molecule has 0 aromatic rings. The van der Waals surface area contributed by atoms with Crippen LogP contribution in [-0.4, -0.2) is 30.1 Å². The van der Waals surface area contributed by atoms with Gasteiger partial charge in [0.15, 0.2) is 0 Å². The normalized spacial score (nSPS) is 40.1. The number of likely N-dealkylation sites (tertiary alicyclic amines) is 1. The van der Waals surface area contributed by atoms with Gasteiger partial charge in [0.05, 0.1) is 0 Å². The van der Waals surface area contributed by atoms with Crippen molar-refractivity contribution >= 4 is 0 Å². The second kappa shape index (κ2) is 3.49. The number of nitrogens with two attached hydrogens (primary N) is 1. The van der Waals surface area contributed by atoms with Gasteiger partial charge in [-0.15, -0.1) is 0 Å². The van der Waals surface area contributed by atoms with Crippen LogP contribution in [-0.2, 0) is 0 Å². The summed E-state index contributed by atoms with van der Waals surface area (Å²) in [5.74, 6) is 1.97. The molecule has 0 radical (unpaired) electrons. The quantitative estimate of drug-likeness (QED) is 0.739. The Morgan fingerprint density at radius 3 is 2.50 bits per heavy atom. The molecule has 1 aliphatic heterocycles. The molecule has 0 aromatic carbocycles. The van der Waals surface area contributed by atoms with Crippen LogP contribution >= 0.6 is 0 Å². The summed E-state index contributed by atoms with van der Waals surface area (Å²) in [7, 11) is 0. The third-order valence-electron chi connectivity index (χ3n) is 4.81. The average Bonchev–Trinajstić information content (AvgIpc) is 2.71. The van der Waals surface area contributed by atoms with Gasteiger partial charge >= 0.3 is 0 Å². The number of hydrogen-bond donors (Lipinski definition) is 1. The Kier molecular flexibility index (Phi) is 2.29. The first-order valence-corrected chi connectivity index (χ1v) is 6.34. The highest BCUT2D eigenvalue weighted by atomic mass is 15.2. The minimum atomic E-state index is 0.735. The maximum Gasteiger partial charge on any atom is 0.0249 e. The molecular formula is C12H22N2. The molecule has 3 atom stereocenters. The van der Waals surface area contributed by atoms with Crippen molar-refractivity contribution in [3.63, 3.8) is 0 Å². The SMILES string of the molecule is NCC(C1CCC1)N1CC2CCC1C2. The van der Waals surface area contributed by atoms with Crippen molar-refractivity contribution in [2.24, 2.45) is 17.6 Å². The fourth-order valence-electron chi connectivity index (χ4n) is 3.79. The Morgan fingerprint density at radius 1 is 1.21 bits per heavy atom. The van der Waals surface area contributed by atoms with E-state index in [-0.39, 0.29) is 0 Å². The van der Waals surface area contributed by atoms with E-state index >= 15 is 0 Å². The van der Waals surface area contributed by atoms with E-state index in [0.717, 1.165) is 30.5 Å². The van der Waals surface area contributed by atoms with Crippen LogP contribution < -0.4 is 5.73 Å². The van der Waals surface area contributed by atoms with E-state index in [0.29, 0.717) is 0 Å². The summed E-state index contributed by atoms with van der Waals surface area (Å²) in [5.41, 5.74) is 5.95. The van der Waals surface area contributed by atoms with Crippen molar-refractivity contribution in [2.75, 3.05) is 13.1 Å². The Hall–Kier alpha value is -0.0800. The van der Waals surface area contributed by atoms with Gasteiger partial charge in [0.25, 0.3) is 0 Å². The van der Waals surface area contributed by atoms with Gasteiger partial charge in [-0.1, -0.05) is 6.42 Å². The summed E-state index contributed by atoms with van der Waals surface area (Å²) >= 11 is 0. The van der Waals surface area contributed by atoms with Crippen molar-refractivity contribution in [1.29, 1.82) is 0 Å². The third kappa shape index (κ3) is 1.31. The highest BCUT2D eigenvalue weighted by Crippen LogP contribution is 2.42. The van der Waals surface area contributed by atoms with Gasteiger partial charge in [-0.3, -0.25) is 4.90 Å². The van der Waals surface area contributed by atoms with E-state index in [2.05, 4.69) is 4.90 Å². The zero-order valence-electron chi connectivity index (χ0n) is 8.99. The number of piperidine rings is 1. The maximum atomic E-state index is 5.95. The fourth-order valence-corrected chi connectivity index (χ4v) is 3.79. The molecule has 2 bridgehead atoms. The van der Waals surface area contributed by atoms with Crippen LogP contribution in [0.4, 0.5) is 0 Å². The highest BCUT2D eigenvalue weighted by molar-refractivity contribution is 4.98. The molecule has 0 aromatic heterocycles. The van der Waals surface area contributed by atoms with Crippen LogP contribution in [0.3, 0.4) is 0 Å². The predicted molar refractivity (Wildman–Crippen MR) is 58.0 cm³/mol. The molecule has 3 unspecified atom stereocenters. The molecule has 2 aliphatic carbocycles. The van der Waals surface area contributed by atoms with Gasteiger partial charge in [-0.2, -0.15) is 0 Å². The van der Waals surface area contributed by atoms with Crippen molar-refractivity contribution in [3.05, 3.63) is 0 Å². The Labute approximate surface area is 86.8 Å². The lowest BCUT2D eigenvalue weighted by Crippen LogP contribution is -2.50.